The van der Waals surface area contributed by atoms with Crippen molar-refractivity contribution in [2.24, 2.45) is 5.92 Å². The Morgan fingerprint density at radius 2 is 2.00 bits per heavy atom. The fourth-order valence-corrected chi connectivity index (χ4v) is 3.41. The molecule has 3 aliphatic heterocycles. The van der Waals surface area contributed by atoms with Gasteiger partial charge in [-0.2, -0.15) is 0 Å². The zero-order valence-corrected chi connectivity index (χ0v) is 11.3. The number of piperazine rings is 1. The molecule has 3 saturated heterocycles. The van der Waals surface area contributed by atoms with Gasteiger partial charge in [-0.1, -0.05) is 0 Å². The van der Waals surface area contributed by atoms with Crippen LogP contribution in [0.3, 0.4) is 0 Å². The molecule has 5 heteroatoms. The average Bonchev–Trinajstić information content (AvgIpc) is 2.90. The van der Waals surface area contributed by atoms with Crippen LogP contribution in [0, 0.1) is 5.92 Å². The molecule has 0 unspecified atom stereocenters. The number of nitrogens with zero attached hydrogens (tertiary/aromatic N) is 3. The molecule has 18 heavy (non-hydrogen) atoms. The Morgan fingerprint density at radius 3 is 2.72 bits per heavy atom. The lowest BCUT2D eigenvalue weighted by molar-refractivity contribution is -0.133. The van der Waals surface area contributed by atoms with Crippen LogP contribution in [0.15, 0.2) is 0 Å². The van der Waals surface area contributed by atoms with Gasteiger partial charge in [0.05, 0.1) is 6.54 Å². The van der Waals surface area contributed by atoms with E-state index < -0.39 is 0 Å². The molecule has 2 atom stereocenters. The van der Waals surface area contributed by atoms with Crippen LogP contribution in [0.25, 0.3) is 0 Å². The highest BCUT2D eigenvalue weighted by molar-refractivity contribution is 5.78. The fraction of sp³-hybridized carbons (Fsp3) is 0.923. The molecule has 0 saturated carbocycles. The predicted molar refractivity (Wildman–Crippen MR) is 70.4 cm³/mol. The summed E-state index contributed by atoms with van der Waals surface area (Å²) in [6, 6.07) is 0.644. The molecule has 5 nitrogen and oxygen atoms in total. The summed E-state index contributed by atoms with van der Waals surface area (Å²) in [5, 5.41) is 3.53. The second kappa shape index (κ2) is 5.15. The van der Waals surface area contributed by atoms with Crippen molar-refractivity contribution in [2.45, 2.75) is 12.5 Å². The Labute approximate surface area is 109 Å². The first-order chi connectivity index (χ1) is 8.72. The number of hydrogen-bond acceptors (Lipinski definition) is 4. The molecule has 1 N–H and O–H groups in total. The van der Waals surface area contributed by atoms with Crippen LogP contribution in [-0.4, -0.2) is 86.1 Å². The van der Waals surface area contributed by atoms with Gasteiger partial charge in [-0.25, -0.2) is 0 Å². The fourth-order valence-electron chi connectivity index (χ4n) is 3.41. The van der Waals surface area contributed by atoms with Crippen molar-refractivity contribution in [2.75, 3.05) is 59.4 Å². The molecule has 0 aromatic rings. The van der Waals surface area contributed by atoms with Crippen molar-refractivity contribution in [3.63, 3.8) is 0 Å². The molecule has 0 spiro atoms. The third kappa shape index (κ3) is 2.53. The zero-order valence-electron chi connectivity index (χ0n) is 11.3. The first kappa shape index (κ1) is 12.4. The lowest BCUT2D eigenvalue weighted by atomic mass is 10.1. The van der Waals surface area contributed by atoms with Crippen molar-refractivity contribution in [1.82, 2.24) is 20.0 Å². The first-order valence-corrected chi connectivity index (χ1v) is 7.14. The molecule has 0 aromatic carbocycles. The Balaban J connectivity index is 1.47. The number of fused-ring (bicyclic) bond motifs is 1. The van der Waals surface area contributed by atoms with Gasteiger partial charge in [-0.15, -0.1) is 0 Å². The standard InChI is InChI=1S/C13H24N4O/c1-15-4-6-17(7-5-15)13(18)10-16-8-11-2-3-14-12(11)9-16/h11-12,14H,2-10H2,1H3/t11-,12+/m0/s1. The first-order valence-electron chi connectivity index (χ1n) is 7.14. The van der Waals surface area contributed by atoms with Gasteiger partial charge in [0.25, 0.3) is 0 Å². The maximum absolute atomic E-state index is 12.2. The number of rotatable bonds is 2. The molecule has 102 valence electrons. The van der Waals surface area contributed by atoms with Gasteiger partial charge >= 0.3 is 0 Å². The molecule has 0 radical (unpaired) electrons. The van der Waals surface area contributed by atoms with E-state index in [1.165, 1.54) is 6.42 Å². The normalized spacial score (nSPS) is 33.9. The molecule has 1 amide bonds. The van der Waals surface area contributed by atoms with E-state index in [1.807, 2.05) is 4.90 Å². The summed E-state index contributed by atoms with van der Waals surface area (Å²) in [4.78, 5) is 18.9. The quantitative estimate of drug-likeness (QED) is 0.688. The highest BCUT2D eigenvalue weighted by atomic mass is 16.2. The van der Waals surface area contributed by atoms with Gasteiger partial charge in [0, 0.05) is 45.3 Å². The third-order valence-corrected chi connectivity index (χ3v) is 4.65. The molecule has 3 fully saturated rings. The molecule has 0 aromatic heterocycles. The van der Waals surface area contributed by atoms with Crippen LogP contribution < -0.4 is 5.32 Å². The van der Waals surface area contributed by atoms with Crippen molar-refractivity contribution in [1.29, 1.82) is 0 Å². The van der Waals surface area contributed by atoms with E-state index in [2.05, 4.69) is 22.2 Å². The van der Waals surface area contributed by atoms with Gasteiger partial charge in [0.1, 0.15) is 0 Å². The van der Waals surface area contributed by atoms with Crippen LogP contribution in [-0.2, 0) is 4.79 Å². The Hall–Kier alpha value is -0.650. The van der Waals surface area contributed by atoms with Gasteiger partial charge in [0.15, 0.2) is 0 Å². The molecule has 0 aliphatic carbocycles. The average molecular weight is 252 g/mol. The van der Waals surface area contributed by atoms with Gasteiger partial charge in [0.2, 0.25) is 5.91 Å². The number of nitrogens with one attached hydrogen (secondary N) is 1. The summed E-state index contributed by atoms with van der Waals surface area (Å²) in [6.45, 7) is 7.77. The van der Waals surface area contributed by atoms with Crippen LogP contribution >= 0.6 is 0 Å². The van der Waals surface area contributed by atoms with Gasteiger partial charge in [-0.3, -0.25) is 9.69 Å². The SMILES string of the molecule is CN1CCN(C(=O)CN2C[C@@H]3CCN[C@@H]3C2)CC1. The van der Waals surface area contributed by atoms with E-state index in [9.17, 15) is 4.79 Å². The smallest absolute Gasteiger partial charge is 0.236 e. The Kier molecular flexibility index (Phi) is 3.54. The predicted octanol–water partition coefficient (Wildman–Crippen LogP) is -0.946. The van der Waals surface area contributed by atoms with E-state index in [0.29, 0.717) is 18.5 Å². The maximum Gasteiger partial charge on any atom is 0.236 e. The molecule has 3 heterocycles. The van der Waals surface area contributed by atoms with Crippen molar-refractivity contribution in [3.05, 3.63) is 0 Å². The lowest BCUT2D eigenvalue weighted by Crippen LogP contribution is -2.50. The minimum absolute atomic E-state index is 0.322. The highest BCUT2D eigenvalue weighted by Gasteiger charge is 2.36. The molecule has 0 bridgehead atoms. The van der Waals surface area contributed by atoms with Crippen LogP contribution in [0.2, 0.25) is 0 Å². The topological polar surface area (TPSA) is 38.8 Å². The van der Waals surface area contributed by atoms with Crippen molar-refractivity contribution in [3.8, 4) is 0 Å². The molecular formula is C13H24N4O. The van der Waals surface area contributed by atoms with Crippen molar-refractivity contribution < 1.29 is 4.79 Å². The summed E-state index contributed by atoms with van der Waals surface area (Å²) in [5.74, 6) is 1.10. The number of likely N-dealkylation sites (N-methyl/N-ethyl adjacent to an activating group) is 1. The minimum Gasteiger partial charge on any atom is -0.339 e. The number of carbonyl (C=O) groups excluding carboxylic acids is 1. The van der Waals surface area contributed by atoms with Crippen LogP contribution in [0.1, 0.15) is 6.42 Å². The molecular weight excluding hydrogens is 228 g/mol. The van der Waals surface area contributed by atoms with E-state index in [1.54, 1.807) is 0 Å². The third-order valence-electron chi connectivity index (χ3n) is 4.65. The highest BCUT2D eigenvalue weighted by Crippen LogP contribution is 2.24. The van der Waals surface area contributed by atoms with Crippen LogP contribution in [0.4, 0.5) is 0 Å². The van der Waals surface area contributed by atoms with E-state index in [0.717, 1.165) is 51.7 Å². The second-order valence-electron chi connectivity index (χ2n) is 5.99. The minimum atomic E-state index is 0.322. The summed E-state index contributed by atoms with van der Waals surface area (Å²) in [6.07, 6.45) is 1.28. The van der Waals surface area contributed by atoms with Gasteiger partial charge < -0.3 is 15.1 Å². The van der Waals surface area contributed by atoms with Gasteiger partial charge in [-0.05, 0) is 25.9 Å². The summed E-state index contributed by atoms with van der Waals surface area (Å²) < 4.78 is 0. The zero-order chi connectivity index (χ0) is 12.5. The number of likely N-dealkylation sites (tertiary alicyclic amines) is 1. The Morgan fingerprint density at radius 1 is 1.22 bits per heavy atom. The number of carbonyl (C=O) groups is 1. The number of hydrogen-bond donors (Lipinski definition) is 1. The summed E-state index contributed by atoms with van der Waals surface area (Å²) in [7, 11) is 2.12. The Bertz CT molecular complexity index is 302. The van der Waals surface area contributed by atoms with E-state index in [4.69, 9.17) is 0 Å². The maximum atomic E-state index is 12.2. The number of amides is 1. The van der Waals surface area contributed by atoms with Crippen LogP contribution in [0.5, 0.6) is 0 Å². The summed E-state index contributed by atoms with van der Waals surface area (Å²) in [5.41, 5.74) is 0. The monoisotopic (exact) mass is 252 g/mol. The molecule has 3 rings (SSSR count). The van der Waals surface area contributed by atoms with Crippen molar-refractivity contribution >= 4 is 5.91 Å². The lowest BCUT2D eigenvalue weighted by Gasteiger charge is -2.33. The second-order valence-corrected chi connectivity index (χ2v) is 5.99. The van der Waals surface area contributed by atoms with E-state index in [-0.39, 0.29) is 0 Å². The largest absolute Gasteiger partial charge is 0.339 e. The van der Waals surface area contributed by atoms with E-state index >= 15 is 0 Å². The summed E-state index contributed by atoms with van der Waals surface area (Å²) >= 11 is 0. The molecule has 3 aliphatic rings.